The molecule has 13 heavy (non-hydrogen) atoms. The Morgan fingerprint density at radius 1 is 1.46 bits per heavy atom. The molecule has 0 aromatic carbocycles. The molecule has 3 nitrogen and oxygen atoms in total. The van der Waals surface area contributed by atoms with E-state index in [4.69, 9.17) is 0 Å². The molecule has 0 aliphatic carbocycles. The molecule has 1 rings (SSSR count). The van der Waals surface area contributed by atoms with Crippen LogP contribution in [0.15, 0.2) is 0 Å². The van der Waals surface area contributed by atoms with Gasteiger partial charge in [-0.3, -0.25) is 4.90 Å². The molecule has 1 atom stereocenters. The van der Waals surface area contributed by atoms with E-state index in [-0.39, 0.29) is 6.04 Å². The first-order valence-electron chi connectivity index (χ1n) is 5.11. The van der Waals surface area contributed by atoms with E-state index in [0.29, 0.717) is 6.04 Å². The molecule has 2 N–H and O–H groups in total. The van der Waals surface area contributed by atoms with Gasteiger partial charge in [0.25, 0.3) is 0 Å². The quantitative estimate of drug-likeness (QED) is 0.657. The summed E-state index contributed by atoms with van der Waals surface area (Å²) in [6.07, 6.45) is 0. The van der Waals surface area contributed by atoms with E-state index in [0.717, 1.165) is 19.6 Å². The minimum atomic E-state index is -0.617. The first-order valence-corrected chi connectivity index (χ1v) is 5.11. The summed E-state index contributed by atoms with van der Waals surface area (Å²) < 4.78 is 0. The van der Waals surface area contributed by atoms with Gasteiger partial charge in [-0.1, -0.05) is 0 Å². The highest BCUT2D eigenvalue weighted by Crippen LogP contribution is 2.14. The Labute approximate surface area is 81.1 Å². The number of hydrogen-bond acceptors (Lipinski definition) is 3. The van der Waals surface area contributed by atoms with Gasteiger partial charge in [0.1, 0.15) is 0 Å². The minimum absolute atomic E-state index is 0.198. The monoisotopic (exact) mass is 186 g/mol. The molecular formula is C10H22N2O. The highest BCUT2D eigenvalue weighted by Gasteiger charge is 2.31. The van der Waals surface area contributed by atoms with E-state index in [1.807, 2.05) is 13.8 Å². The summed E-state index contributed by atoms with van der Waals surface area (Å²) in [5, 5.41) is 13.2. The Balaban J connectivity index is 2.52. The molecule has 0 radical (unpaired) electrons. The van der Waals surface area contributed by atoms with E-state index in [1.54, 1.807) is 0 Å². The van der Waals surface area contributed by atoms with E-state index < -0.39 is 5.60 Å². The zero-order valence-corrected chi connectivity index (χ0v) is 9.17. The van der Waals surface area contributed by atoms with Gasteiger partial charge in [0.05, 0.1) is 5.60 Å². The highest BCUT2D eigenvalue weighted by molar-refractivity contribution is 4.90. The molecule has 1 unspecified atom stereocenters. The number of nitrogens with zero attached hydrogens (tertiary/aromatic N) is 1. The minimum Gasteiger partial charge on any atom is -0.389 e. The predicted molar refractivity (Wildman–Crippen MR) is 54.8 cm³/mol. The van der Waals surface area contributed by atoms with Crippen LogP contribution in [-0.4, -0.2) is 47.3 Å². The van der Waals surface area contributed by atoms with Gasteiger partial charge in [-0.25, -0.2) is 0 Å². The first kappa shape index (κ1) is 11.0. The lowest BCUT2D eigenvalue weighted by Crippen LogP contribution is -2.60. The number of rotatable bonds is 2. The summed E-state index contributed by atoms with van der Waals surface area (Å²) >= 11 is 0. The van der Waals surface area contributed by atoms with Gasteiger partial charge < -0.3 is 10.4 Å². The number of nitrogens with one attached hydrogen (secondary N) is 1. The summed E-state index contributed by atoms with van der Waals surface area (Å²) in [5.74, 6) is 0. The third-order valence-electron chi connectivity index (χ3n) is 2.79. The fraction of sp³-hybridized carbons (Fsp3) is 1.00. The second kappa shape index (κ2) is 3.95. The first-order chi connectivity index (χ1) is 5.91. The fourth-order valence-corrected chi connectivity index (χ4v) is 1.71. The molecule has 1 aliphatic heterocycles. The van der Waals surface area contributed by atoms with Crippen molar-refractivity contribution in [2.45, 2.75) is 45.4 Å². The topological polar surface area (TPSA) is 35.5 Å². The Bertz CT molecular complexity index is 163. The zero-order valence-electron chi connectivity index (χ0n) is 9.17. The van der Waals surface area contributed by atoms with Crippen LogP contribution in [0.5, 0.6) is 0 Å². The van der Waals surface area contributed by atoms with E-state index in [1.165, 1.54) is 0 Å². The smallest absolute Gasteiger partial charge is 0.0756 e. The van der Waals surface area contributed by atoms with Gasteiger partial charge in [0.15, 0.2) is 0 Å². The molecule has 0 bridgehead atoms. The number of aliphatic hydroxyl groups is 1. The van der Waals surface area contributed by atoms with Crippen molar-refractivity contribution in [3.63, 3.8) is 0 Å². The van der Waals surface area contributed by atoms with E-state index in [9.17, 15) is 5.11 Å². The van der Waals surface area contributed by atoms with Crippen molar-refractivity contribution in [3.05, 3.63) is 0 Å². The van der Waals surface area contributed by atoms with Crippen molar-refractivity contribution in [3.8, 4) is 0 Å². The summed E-state index contributed by atoms with van der Waals surface area (Å²) in [7, 11) is 0. The molecule has 1 aliphatic rings. The Morgan fingerprint density at radius 3 is 2.54 bits per heavy atom. The van der Waals surface area contributed by atoms with Crippen LogP contribution in [0.1, 0.15) is 27.7 Å². The van der Waals surface area contributed by atoms with Crippen LogP contribution in [0.3, 0.4) is 0 Å². The van der Waals surface area contributed by atoms with Gasteiger partial charge in [-0.05, 0) is 27.7 Å². The average Bonchev–Trinajstić information content (AvgIpc) is 2.03. The second-order valence-electron chi connectivity index (χ2n) is 4.75. The van der Waals surface area contributed by atoms with Crippen LogP contribution in [0.2, 0.25) is 0 Å². The normalized spacial score (nSPS) is 26.8. The van der Waals surface area contributed by atoms with Gasteiger partial charge in [-0.2, -0.15) is 0 Å². The second-order valence-corrected chi connectivity index (χ2v) is 4.75. The van der Waals surface area contributed by atoms with Crippen LogP contribution in [-0.2, 0) is 0 Å². The number of piperazine rings is 1. The lowest BCUT2D eigenvalue weighted by molar-refractivity contribution is 0.00374. The van der Waals surface area contributed by atoms with Crippen LogP contribution >= 0.6 is 0 Å². The van der Waals surface area contributed by atoms with Crippen molar-refractivity contribution in [2.24, 2.45) is 0 Å². The van der Waals surface area contributed by atoms with Gasteiger partial charge in [0.2, 0.25) is 0 Å². The number of hydrogen-bond donors (Lipinski definition) is 2. The van der Waals surface area contributed by atoms with Crippen LogP contribution in [0.25, 0.3) is 0 Å². The molecule has 78 valence electrons. The molecule has 0 spiro atoms. The third kappa shape index (κ3) is 2.93. The largest absolute Gasteiger partial charge is 0.389 e. The van der Waals surface area contributed by atoms with Crippen LogP contribution in [0, 0.1) is 0 Å². The lowest BCUT2D eigenvalue weighted by atomic mass is 9.96. The van der Waals surface area contributed by atoms with Crippen molar-refractivity contribution in [1.29, 1.82) is 0 Å². The maximum atomic E-state index is 9.85. The summed E-state index contributed by atoms with van der Waals surface area (Å²) in [5.41, 5.74) is -0.617. The van der Waals surface area contributed by atoms with Crippen LogP contribution in [0.4, 0.5) is 0 Å². The molecule has 1 heterocycles. The van der Waals surface area contributed by atoms with E-state index in [2.05, 4.69) is 24.1 Å². The molecule has 1 saturated heterocycles. The average molecular weight is 186 g/mol. The summed E-state index contributed by atoms with van der Waals surface area (Å²) in [6.45, 7) is 11.2. The maximum Gasteiger partial charge on any atom is 0.0756 e. The fourth-order valence-electron chi connectivity index (χ4n) is 1.71. The Morgan fingerprint density at radius 2 is 2.08 bits per heavy atom. The van der Waals surface area contributed by atoms with Crippen molar-refractivity contribution >= 4 is 0 Å². The SMILES string of the molecule is CC(C)N1CCNC(C(C)(C)O)C1. The molecule has 0 saturated carbocycles. The standard InChI is InChI=1S/C10H22N2O/c1-8(2)12-6-5-11-9(7-12)10(3,4)13/h8-9,11,13H,5-7H2,1-4H3. The zero-order chi connectivity index (χ0) is 10.1. The van der Waals surface area contributed by atoms with Gasteiger partial charge in [-0.15, -0.1) is 0 Å². The predicted octanol–water partition coefficient (Wildman–Crippen LogP) is 0.439. The Kier molecular flexibility index (Phi) is 3.33. The maximum absolute atomic E-state index is 9.85. The molecule has 0 aromatic heterocycles. The Hall–Kier alpha value is -0.120. The summed E-state index contributed by atoms with van der Waals surface area (Å²) in [4.78, 5) is 2.40. The van der Waals surface area contributed by atoms with Crippen LogP contribution < -0.4 is 5.32 Å². The van der Waals surface area contributed by atoms with Crippen molar-refractivity contribution in [1.82, 2.24) is 10.2 Å². The molecular weight excluding hydrogens is 164 g/mol. The third-order valence-corrected chi connectivity index (χ3v) is 2.79. The molecule has 0 aromatic rings. The molecule has 3 heteroatoms. The van der Waals surface area contributed by atoms with Gasteiger partial charge in [0, 0.05) is 31.7 Å². The molecule has 0 amide bonds. The molecule has 1 fully saturated rings. The lowest BCUT2D eigenvalue weighted by Gasteiger charge is -2.41. The van der Waals surface area contributed by atoms with Crippen molar-refractivity contribution in [2.75, 3.05) is 19.6 Å². The van der Waals surface area contributed by atoms with Gasteiger partial charge >= 0.3 is 0 Å². The highest BCUT2D eigenvalue weighted by atomic mass is 16.3. The summed E-state index contributed by atoms with van der Waals surface area (Å²) in [6, 6.07) is 0.774. The van der Waals surface area contributed by atoms with Crippen molar-refractivity contribution < 1.29 is 5.11 Å². The van der Waals surface area contributed by atoms with E-state index >= 15 is 0 Å².